The number of nitrogens with two attached hydrogens (primary N) is 1. The minimum absolute atomic E-state index is 0.155. The lowest BCUT2D eigenvalue weighted by Crippen LogP contribution is -2.36. The van der Waals surface area contributed by atoms with Gasteiger partial charge in [-0.1, -0.05) is 12.1 Å². The summed E-state index contributed by atoms with van der Waals surface area (Å²) >= 11 is 0. The Kier molecular flexibility index (Phi) is 4.38. The van der Waals surface area contributed by atoms with Crippen LogP contribution in [0.4, 0.5) is 5.69 Å². The van der Waals surface area contributed by atoms with E-state index >= 15 is 0 Å². The van der Waals surface area contributed by atoms with Crippen molar-refractivity contribution in [1.82, 2.24) is 5.32 Å². The first kappa shape index (κ1) is 14.1. The van der Waals surface area contributed by atoms with Gasteiger partial charge < -0.3 is 16.4 Å². The Morgan fingerprint density at radius 1 is 1.40 bits per heavy atom. The zero-order chi connectivity index (χ0) is 14.5. The van der Waals surface area contributed by atoms with Gasteiger partial charge in [0.2, 0.25) is 5.91 Å². The van der Waals surface area contributed by atoms with Gasteiger partial charge in [0.05, 0.1) is 17.3 Å². The molecule has 5 nitrogen and oxygen atoms in total. The Morgan fingerprint density at radius 3 is 2.75 bits per heavy atom. The molecule has 5 heteroatoms. The third-order valence-corrected chi connectivity index (χ3v) is 3.02. The minimum atomic E-state index is -0.778. The maximum absolute atomic E-state index is 12.1. The van der Waals surface area contributed by atoms with Gasteiger partial charge in [0.15, 0.2) is 0 Å². The summed E-state index contributed by atoms with van der Waals surface area (Å²) in [4.78, 5) is 23.9. The Hall–Kier alpha value is -2.32. The first-order valence-corrected chi connectivity index (χ1v) is 6.51. The Morgan fingerprint density at radius 2 is 2.10 bits per heavy atom. The number of amides is 2. The van der Waals surface area contributed by atoms with Gasteiger partial charge in [-0.2, -0.15) is 0 Å². The van der Waals surface area contributed by atoms with E-state index in [9.17, 15) is 9.59 Å². The third kappa shape index (κ3) is 3.59. The molecule has 0 bridgehead atoms. The number of hydrogen-bond donors (Lipinski definition) is 3. The van der Waals surface area contributed by atoms with Gasteiger partial charge in [0.25, 0.3) is 5.91 Å². The van der Waals surface area contributed by atoms with E-state index in [0.29, 0.717) is 11.3 Å². The Balaban J connectivity index is 2.09. The predicted molar refractivity (Wildman–Crippen MR) is 77.0 cm³/mol. The zero-order valence-corrected chi connectivity index (χ0v) is 11.1. The van der Waals surface area contributed by atoms with Crippen LogP contribution in [0.15, 0.2) is 24.3 Å². The average molecular weight is 271 g/mol. The molecule has 1 aromatic carbocycles. The maximum atomic E-state index is 12.1. The smallest absolute Gasteiger partial charge is 0.253 e. The van der Waals surface area contributed by atoms with E-state index < -0.39 is 11.9 Å². The van der Waals surface area contributed by atoms with Crippen LogP contribution in [0.25, 0.3) is 0 Å². The molecule has 1 unspecified atom stereocenters. The summed E-state index contributed by atoms with van der Waals surface area (Å²) in [5, 5.41) is 5.53. The van der Waals surface area contributed by atoms with Gasteiger partial charge in [0.1, 0.15) is 0 Å². The second-order valence-corrected chi connectivity index (χ2v) is 4.80. The van der Waals surface area contributed by atoms with E-state index in [2.05, 4.69) is 16.6 Å². The molecule has 104 valence electrons. The summed E-state index contributed by atoms with van der Waals surface area (Å²) in [5.74, 6) is 1.76. The zero-order valence-electron chi connectivity index (χ0n) is 11.1. The Labute approximate surface area is 117 Å². The third-order valence-electron chi connectivity index (χ3n) is 3.02. The first-order valence-electron chi connectivity index (χ1n) is 6.51. The van der Waals surface area contributed by atoms with Gasteiger partial charge in [-0.25, -0.2) is 0 Å². The molecule has 0 spiro atoms. The molecule has 1 aromatic rings. The van der Waals surface area contributed by atoms with Crippen molar-refractivity contribution in [1.29, 1.82) is 0 Å². The van der Waals surface area contributed by atoms with Crippen molar-refractivity contribution >= 4 is 17.5 Å². The van der Waals surface area contributed by atoms with Crippen molar-refractivity contribution < 1.29 is 9.59 Å². The van der Waals surface area contributed by atoms with Crippen LogP contribution in [0.5, 0.6) is 0 Å². The van der Waals surface area contributed by atoms with E-state index in [1.54, 1.807) is 24.3 Å². The number of carbonyl (C=O) groups excluding carboxylic acids is 2. The van der Waals surface area contributed by atoms with Gasteiger partial charge in [-0.3, -0.25) is 9.59 Å². The molecule has 2 amide bonds. The van der Waals surface area contributed by atoms with Gasteiger partial charge in [0, 0.05) is 12.5 Å². The quantitative estimate of drug-likeness (QED) is 0.695. The maximum Gasteiger partial charge on any atom is 0.253 e. The fourth-order valence-electron chi connectivity index (χ4n) is 1.73. The molecule has 1 aliphatic rings. The SMILES string of the molecule is C#CCC(N)C(=O)Nc1ccccc1C(=O)NC1CC1. The number of hydrogen-bond acceptors (Lipinski definition) is 3. The monoisotopic (exact) mass is 271 g/mol. The number of terminal acetylenes is 1. The highest BCUT2D eigenvalue weighted by atomic mass is 16.2. The van der Waals surface area contributed by atoms with E-state index in [4.69, 9.17) is 12.2 Å². The average Bonchev–Trinajstić information content (AvgIpc) is 3.23. The van der Waals surface area contributed by atoms with E-state index in [-0.39, 0.29) is 18.4 Å². The summed E-state index contributed by atoms with van der Waals surface area (Å²) in [6, 6.07) is 6.31. The molecule has 0 saturated heterocycles. The Bertz CT molecular complexity index is 558. The molecule has 4 N–H and O–H groups in total. The number of carbonyl (C=O) groups is 2. The van der Waals surface area contributed by atoms with Gasteiger partial charge >= 0.3 is 0 Å². The second kappa shape index (κ2) is 6.22. The van der Waals surface area contributed by atoms with Crippen LogP contribution in [0.2, 0.25) is 0 Å². The second-order valence-electron chi connectivity index (χ2n) is 4.80. The van der Waals surface area contributed by atoms with Crippen LogP contribution >= 0.6 is 0 Å². The molecule has 1 atom stereocenters. The van der Waals surface area contributed by atoms with Crippen LogP contribution in [-0.4, -0.2) is 23.9 Å². The first-order chi connectivity index (χ1) is 9.61. The molecule has 0 aliphatic heterocycles. The number of benzene rings is 1. The van der Waals surface area contributed by atoms with Crippen LogP contribution in [0.1, 0.15) is 29.6 Å². The summed E-state index contributed by atoms with van der Waals surface area (Å²) in [7, 11) is 0. The normalized spacial score (nSPS) is 15.0. The van der Waals surface area contributed by atoms with Crippen molar-refractivity contribution in [3.05, 3.63) is 29.8 Å². The highest BCUT2D eigenvalue weighted by Gasteiger charge is 2.25. The lowest BCUT2D eigenvalue weighted by Gasteiger charge is -2.13. The van der Waals surface area contributed by atoms with Crippen LogP contribution in [-0.2, 0) is 4.79 Å². The molecular weight excluding hydrogens is 254 g/mol. The standard InChI is InChI=1S/C15H17N3O2/c1-2-5-12(16)15(20)18-13-7-4-3-6-11(13)14(19)17-10-8-9-10/h1,3-4,6-7,10,12H,5,8-9,16H2,(H,17,19)(H,18,20). The summed E-state index contributed by atoms with van der Waals surface area (Å²) < 4.78 is 0. The van der Waals surface area contributed by atoms with E-state index in [1.807, 2.05) is 0 Å². The largest absolute Gasteiger partial charge is 0.349 e. The summed E-state index contributed by atoms with van der Waals surface area (Å²) in [6.07, 6.45) is 7.30. The van der Waals surface area contributed by atoms with Gasteiger partial charge in [-0.15, -0.1) is 12.3 Å². The van der Waals surface area contributed by atoms with E-state index in [1.165, 1.54) is 0 Å². The molecular formula is C15H17N3O2. The number of rotatable bonds is 5. The number of nitrogens with one attached hydrogen (secondary N) is 2. The lowest BCUT2D eigenvalue weighted by molar-refractivity contribution is -0.117. The van der Waals surface area contributed by atoms with Crippen LogP contribution in [0, 0.1) is 12.3 Å². The van der Waals surface area contributed by atoms with Crippen molar-refractivity contribution in [3.8, 4) is 12.3 Å². The molecule has 0 aromatic heterocycles. The fourth-order valence-corrected chi connectivity index (χ4v) is 1.73. The molecule has 0 radical (unpaired) electrons. The van der Waals surface area contributed by atoms with Crippen LogP contribution in [0.3, 0.4) is 0 Å². The predicted octanol–water partition coefficient (Wildman–Crippen LogP) is 0.868. The summed E-state index contributed by atoms with van der Waals surface area (Å²) in [5.41, 5.74) is 6.52. The topological polar surface area (TPSA) is 84.2 Å². The molecule has 1 aliphatic carbocycles. The molecule has 0 heterocycles. The van der Waals surface area contributed by atoms with Crippen molar-refractivity contribution in [3.63, 3.8) is 0 Å². The van der Waals surface area contributed by atoms with E-state index in [0.717, 1.165) is 12.8 Å². The van der Waals surface area contributed by atoms with Gasteiger partial charge in [-0.05, 0) is 25.0 Å². The molecule has 2 rings (SSSR count). The highest BCUT2D eigenvalue weighted by molar-refractivity contribution is 6.05. The fraction of sp³-hybridized carbons (Fsp3) is 0.333. The highest BCUT2D eigenvalue weighted by Crippen LogP contribution is 2.21. The number of para-hydroxylation sites is 1. The van der Waals surface area contributed by atoms with Crippen molar-refractivity contribution in [2.75, 3.05) is 5.32 Å². The summed E-state index contributed by atoms with van der Waals surface area (Å²) in [6.45, 7) is 0. The molecule has 1 fully saturated rings. The lowest BCUT2D eigenvalue weighted by atomic mass is 10.1. The van der Waals surface area contributed by atoms with Crippen molar-refractivity contribution in [2.45, 2.75) is 31.3 Å². The number of anilines is 1. The van der Waals surface area contributed by atoms with Crippen molar-refractivity contribution in [2.24, 2.45) is 5.73 Å². The van der Waals surface area contributed by atoms with Crippen LogP contribution < -0.4 is 16.4 Å². The molecule has 1 saturated carbocycles. The molecule has 20 heavy (non-hydrogen) atoms. The minimum Gasteiger partial charge on any atom is -0.349 e.